The number of rotatable bonds is 6. The molecule has 0 aliphatic carbocycles. The maximum atomic E-state index is 13.6. The van der Waals surface area contributed by atoms with Crippen LogP contribution in [0.3, 0.4) is 0 Å². The van der Waals surface area contributed by atoms with Crippen LogP contribution in [0.1, 0.15) is 47.6 Å². The summed E-state index contributed by atoms with van der Waals surface area (Å²) in [5.74, 6) is -0.208. The molecule has 1 aromatic heterocycles. The monoisotopic (exact) mass is 514 g/mol. The molecule has 184 valence electrons. The first-order chi connectivity index (χ1) is 16.6. The molecule has 2 aromatic carbocycles. The van der Waals surface area contributed by atoms with Crippen molar-refractivity contribution in [2.45, 2.75) is 38.8 Å². The Labute approximate surface area is 214 Å². The van der Waals surface area contributed by atoms with E-state index in [9.17, 15) is 14.0 Å². The van der Waals surface area contributed by atoms with E-state index in [-0.39, 0.29) is 24.4 Å². The van der Waals surface area contributed by atoms with E-state index >= 15 is 0 Å². The van der Waals surface area contributed by atoms with Crippen LogP contribution in [0.4, 0.5) is 4.39 Å². The number of amides is 2. The molecule has 8 heteroatoms. The lowest BCUT2D eigenvalue weighted by molar-refractivity contribution is -0.136. The highest BCUT2D eigenvalue weighted by Gasteiger charge is 2.36. The Morgan fingerprint density at radius 2 is 1.80 bits per heavy atom. The first kappa shape index (κ1) is 25.2. The van der Waals surface area contributed by atoms with Crippen LogP contribution < -0.4 is 4.74 Å². The lowest BCUT2D eigenvalue weighted by atomic mass is 9.99. The van der Waals surface area contributed by atoms with E-state index in [1.807, 2.05) is 37.1 Å². The lowest BCUT2D eigenvalue weighted by Crippen LogP contribution is -2.53. The molecule has 4 rings (SSSR count). The predicted molar refractivity (Wildman–Crippen MR) is 137 cm³/mol. The van der Waals surface area contributed by atoms with Gasteiger partial charge in [-0.1, -0.05) is 11.6 Å². The van der Waals surface area contributed by atoms with Crippen LogP contribution in [0.15, 0.2) is 60.0 Å². The van der Waals surface area contributed by atoms with E-state index in [1.54, 1.807) is 40.5 Å². The van der Waals surface area contributed by atoms with Crippen molar-refractivity contribution in [1.29, 1.82) is 0 Å². The minimum atomic E-state index is -0.611. The van der Waals surface area contributed by atoms with E-state index in [1.165, 1.54) is 29.1 Å². The first-order valence-electron chi connectivity index (χ1n) is 11.4. The summed E-state index contributed by atoms with van der Waals surface area (Å²) in [6, 6.07) is 14.3. The molecule has 0 saturated heterocycles. The van der Waals surface area contributed by atoms with Crippen molar-refractivity contribution >= 4 is 34.8 Å². The number of carbonyl (C=O) groups is 2. The molecular formula is C27H28ClFN2O3S. The number of fused-ring (bicyclic) bond motifs is 1. The maximum absolute atomic E-state index is 13.6. The molecule has 3 aromatic rings. The van der Waals surface area contributed by atoms with Gasteiger partial charge in [-0.05, 0) is 92.7 Å². The number of nitrogens with zero attached hydrogens (tertiary/aromatic N) is 2. The predicted octanol–water partition coefficient (Wildman–Crippen LogP) is 5.99. The molecule has 2 heterocycles. The third-order valence-electron chi connectivity index (χ3n) is 6.08. The van der Waals surface area contributed by atoms with E-state index in [2.05, 4.69) is 0 Å². The fraction of sp³-hybridized carbons (Fsp3) is 0.333. The van der Waals surface area contributed by atoms with Crippen molar-refractivity contribution in [3.8, 4) is 5.75 Å². The normalized spacial score (nSPS) is 15.5. The standard InChI is InChI=1S/C27H28ClFN2O3S/c1-27(2,3)31(26(33)18-4-8-20(29)9-5-18)16-25(32)30-14-12-24-22(13-15-35-24)23(30)17-34-21-10-6-19(28)7-11-21/h4-11,13,15,23H,12,14,16-17H2,1-3H3/t23-/m1/s1. The molecule has 5 nitrogen and oxygen atoms in total. The van der Waals surface area contributed by atoms with E-state index in [4.69, 9.17) is 16.3 Å². The number of benzene rings is 2. The summed E-state index contributed by atoms with van der Waals surface area (Å²) in [4.78, 5) is 31.5. The summed E-state index contributed by atoms with van der Waals surface area (Å²) in [7, 11) is 0. The third kappa shape index (κ3) is 5.85. The fourth-order valence-electron chi connectivity index (χ4n) is 4.17. The largest absolute Gasteiger partial charge is 0.491 e. The molecule has 0 N–H and O–H groups in total. The van der Waals surface area contributed by atoms with Gasteiger partial charge in [0.1, 0.15) is 24.7 Å². The van der Waals surface area contributed by atoms with Gasteiger partial charge in [0.25, 0.3) is 5.91 Å². The van der Waals surface area contributed by atoms with Gasteiger partial charge in [0.05, 0.1) is 6.04 Å². The lowest BCUT2D eigenvalue weighted by Gasteiger charge is -2.40. The zero-order chi connectivity index (χ0) is 25.2. The number of hydrogen-bond donors (Lipinski definition) is 0. The summed E-state index contributed by atoms with van der Waals surface area (Å²) in [5.41, 5.74) is 0.811. The Morgan fingerprint density at radius 3 is 2.46 bits per heavy atom. The molecule has 2 amide bonds. The summed E-state index contributed by atoms with van der Waals surface area (Å²) < 4.78 is 19.4. The van der Waals surface area contributed by atoms with Gasteiger partial charge in [0.15, 0.2) is 0 Å². The van der Waals surface area contributed by atoms with Crippen LogP contribution in [0.2, 0.25) is 5.02 Å². The number of thiophene rings is 1. The van der Waals surface area contributed by atoms with Crippen molar-refractivity contribution in [1.82, 2.24) is 9.80 Å². The van der Waals surface area contributed by atoms with Gasteiger partial charge < -0.3 is 14.5 Å². The Morgan fingerprint density at radius 1 is 1.11 bits per heavy atom. The Hall–Kier alpha value is -2.90. The topological polar surface area (TPSA) is 49.9 Å². The summed E-state index contributed by atoms with van der Waals surface area (Å²) in [5, 5.41) is 2.66. The van der Waals surface area contributed by atoms with Gasteiger partial charge in [0.2, 0.25) is 5.91 Å². The second kappa shape index (κ2) is 10.4. The molecule has 0 saturated carbocycles. The average molecular weight is 515 g/mol. The maximum Gasteiger partial charge on any atom is 0.254 e. The Bertz CT molecular complexity index is 1190. The van der Waals surface area contributed by atoms with Gasteiger partial charge in [-0.25, -0.2) is 4.39 Å². The number of carbonyl (C=O) groups excluding carboxylic acids is 2. The highest BCUT2D eigenvalue weighted by atomic mass is 35.5. The first-order valence-corrected chi connectivity index (χ1v) is 12.7. The SMILES string of the molecule is CC(C)(C)N(CC(=O)N1CCc2sccc2[C@H]1COc1ccc(Cl)cc1)C(=O)c1ccc(F)cc1. The third-order valence-corrected chi connectivity index (χ3v) is 7.32. The Balaban J connectivity index is 1.55. The second-order valence-electron chi connectivity index (χ2n) is 9.49. The highest BCUT2D eigenvalue weighted by molar-refractivity contribution is 7.10. The van der Waals surface area contributed by atoms with Crippen LogP contribution in [-0.2, 0) is 11.2 Å². The van der Waals surface area contributed by atoms with Gasteiger partial charge in [-0.15, -0.1) is 11.3 Å². The van der Waals surface area contributed by atoms with Crippen LogP contribution in [0, 0.1) is 5.82 Å². The minimum Gasteiger partial charge on any atom is -0.491 e. The minimum absolute atomic E-state index is 0.0867. The molecule has 0 bridgehead atoms. The average Bonchev–Trinajstić information content (AvgIpc) is 3.30. The molecule has 0 radical (unpaired) electrons. The van der Waals surface area contributed by atoms with Crippen molar-refractivity contribution in [2.24, 2.45) is 0 Å². The van der Waals surface area contributed by atoms with Crippen LogP contribution in [0.5, 0.6) is 5.75 Å². The summed E-state index contributed by atoms with van der Waals surface area (Å²) >= 11 is 7.66. The van der Waals surface area contributed by atoms with Gasteiger partial charge in [-0.3, -0.25) is 9.59 Å². The van der Waals surface area contributed by atoms with Crippen molar-refractivity contribution < 1.29 is 18.7 Å². The van der Waals surface area contributed by atoms with Crippen LogP contribution in [0.25, 0.3) is 0 Å². The molecule has 1 atom stereocenters. The van der Waals surface area contributed by atoms with Crippen molar-refractivity contribution in [3.63, 3.8) is 0 Å². The van der Waals surface area contributed by atoms with Gasteiger partial charge >= 0.3 is 0 Å². The molecule has 1 aliphatic heterocycles. The number of halogens is 2. The summed E-state index contributed by atoms with van der Waals surface area (Å²) in [6.45, 7) is 6.40. The van der Waals surface area contributed by atoms with Crippen molar-refractivity contribution in [2.75, 3.05) is 19.7 Å². The van der Waals surface area contributed by atoms with Crippen LogP contribution >= 0.6 is 22.9 Å². The molecule has 0 fully saturated rings. The zero-order valence-corrected chi connectivity index (χ0v) is 21.5. The molecular weight excluding hydrogens is 487 g/mol. The van der Waals surface area contributed by atoms with Gasteiger partial charge in [-0.2, -0.15) is 0 Å². The molecule has 0 unspecified atom stereocenters. The highest BCUT2D eigenvalue weighted by Crippen LogP contribution is 2.34. The van der Waals surface area contributed by atoms with E-state index in [0.29, 0.717) is 29.5 Å². The molecule has 1 aliphatic rings. The smallest absolute Gasteiger partial charge is 0.254 e. The molecule has 0 spiro atoms. The number of ether oxygens (including phenoxy) is 1. The fourth-order valence-corrected chi connectivity index (χ4v) is 5.22. The van der Waals surface area contributed by atoms with Crippen molar-refractivity contribution in [3.05, 3.63) is 86.8 Å². The quantitative estimate of drug-likeness (QED) is 0.406. The molecule has 35 heavy (non-hydrogen) atoms. The zero-order valence-electron chi connectivity index (χ0n) is 20.0. The van der Waals surface area contributed by atoms with Gasteiger partial charge in [0, 0.05) is 27.5 Å². The second-order valence-corrected chi connectivity index (χ2v) is 10.9. The van der Waals surface area contributed by atoms with Crippen LogP contribution in [-0.4, -0.2) is 46.8 Å². The van der Waals surface area contributed by atoms with E-state index in [0.717, 1.165) is 12.0 Å². The number of hydrogen-bond acceptors (Lipinski definition) is 4. The summed E-state index contributed by atoms with van der Waals surface area (Å²) in [6.07, 6.45) is 0.762. The van der Waals surface area contributed by atoms with E-state index < -0.39 is 11.4 Å². The Kier molecular flexibility index (Phi) is 7.47.